The van der Waals surface area contributed by atoms with Crippen LogP contribution in [-0.2, 0) is 0 Å². The van der Waals surface area contributed by atoms with Crippen LogP contribution in [0.15, 0.2) is 36.4 Å². The number of hydrogen-bond donors (Lipinski definition) is 0. The van der Waals surface area contributed by atoms with Crippen molar-refractivity contribution in [3.05, 3.63) is 47.8 Å². The van der Waals surface area contributed by atoms with E-state index in [1.54, 1.807) is 0 Å². The maximum absolute atomic E-state index is 13.7. The first-order valence-corrected chi connectivity index (χ1v) is 7.49. The van der Waals surface area contributed by atoms with Gasteiger partial charge in [0.25, 0.3) is 0 Å². The van der Waals surface area contributed by atoms with Crippen LogP contribution in [0.3, 0.4) is 0 Å². The van der Waals surface area contributed by atoms with E-state index in [-0.39, 0.29) is 11.2 Å². The molecular formula is C17H20ClF. The second kappa shape index (κ2) is 6.91. The molecule has 2 heteroatoms. The zero-order valence-corrected chi connectivity index (χ0v) is 12.1. The zero-order chi connectivity index (χ0) is 13.7. The van der Waals surface area contributed by atoms with Crippen molar-refractivity contribution in [1.82, 2.24) is 0 Å². The molecule has 0 aromatic heterocycles. The van der Waals surface area contributed by atoms with E-state index in [4.69, 9.17) is 11.6 Å². The fourth-order valence-electron chi connectivity index (χ4n) is 2.46. The first-order valence-electron chi connectivity index (χ1n) is 7.05. The summed E-state index contributed by atoms with van der Waals surface area (Å²) in [6.07, 6.45) is 5.80. The number of unbranched alkanes of at least 4 members (excludes halogenated alkanes) is 3. The summed E-state index contributed by atoms with van der Waals surface area (Å²) in [5.41, 5.74) is 1.05. The number of fused-ring (bicyclic) bond motifs is 1. The van der Waals surface area contributed by atoms with Crippen LogP contribution in [-0.4, -0.2) is 0 Å². The highest BCUT2D eigenvalue weighted by molar-refractivity contribution is 6.21. The summed E-state index contributed by atoms with van der Waals surface area (Å²) in [4.78, 5) is 0. The Morgan fingerprint density at radius 1 is 1.00 bits per heavy atom. The quantitative estimate of drug-likeness (QED) is 0.434. The molecule has 0 amide bonds. The zero-order valence-electron chi connectivity index (χ0n) is 11.3. The first kappa shape index (κ1) is 14.3. The van der Waals surface area contributed by atoms with Gasteiger partial charge in [0.15, 0.2) is 0 Å². The van der Waals surface area contributed by atoms with Gasteiger partial charge in [-0.15, -0.1) is 11.6 Å². The molecule has 0 saturated heterocycles. The van der Waals surface area contributed by atoms with E-state index >= 15 is 0 Å². The van der Waals surface area contributed by atoms with Crippen LogP contribution < -0.4 is 0 Å². The predicted molar refractivity (Wildman–Crippen MR) is 81.3 cm³/mol. The predicted octanol–water partition coefficient (Wildman–Crippen LogP) is 6.23. The third kappa shape index (κ3) is 3.48. The summed E-state index contributed by atoms with van der Waals surface area (Å²) in [5.74, 6) is -0.172. The van der Waals surface area contributed by atoms with Gasteiger partial charge in [0, 0.05) is 5.39 Å². The lowest BCUT2D eigenvalue weighted by molar-refractivity contribution is 0.622. The van der Waals surface area contributed by atoms with Crippen LogP contribution in [0.2, 0.25) is 0 Å². The van der Waals surface area contributed by atoms with E-state index in [0.29, 0.717) is 5.39 Å². The minimum Gasteiger partial charge on any atom is -0.206 e. The SMILES string of the molecule is CCCCCCC(Cl)c1ccc(F)c2ccccc12. The van der Waals surface area contributed by atoms with Crippen molar-refractivity contribution in [1.29, 1.82) is 0 Å². The largest absolute Gasteiger partial charge is 0.206 e. The van der Waals surface area contributed by atoms with E-state index in [1.807, 2.05) is 30.3 Å². The Balaban J connectivity index is 2.18. The third-order valence-electron chi connectivity index (χ3n) is 3.55. The van der Waals surface area contributed by atoms with Gasteiger partial charge in [-0.25, -0.2) is 4.39 Å². The Bertz CT molecular complexity index is 536. The summed E-state index contributed by atoms with van der Waals surface area (Å²) in [5, 5.41) is 1.58. The molecule has 2 rings (SSSR count). The molecule has 0 spiro atoms. The van der Waals surface area contributed by atoms with Gasteiger partial charge in [0.1, 0.15) is 5.82 Å². The lowest BCUT2D eigenvalue weighted by atomic mass is 9.98. The molecule has 2 aromatic rings. The lowest BCUT2D eigenvalue weighted by Crippen LogP contribution is -1.94. The van der Waals surface area contributed by atoms with Crippen LogP contribution in [0.4, 0.5) is 4.39 Å². The average molecular weight is 279 g/mol. The Kier molecular flexibility index (Phi) is 5.21. The molecule has 0 nitrogen and oxygen atoms in total. The Labute approximate surface area is 119 Å². The van der Waals surface area contributed by atoms with Crippen molar-refractivity contribution in [3.8, 4) is 0 Å². The van der Waals surface area contributed by atoms with Gasteiger partial charge in [-0.3, -0.25) is 0 Å². The van der Waals surface area contributed by atoms with Gasteiger partial charge >= 0.3 is 0 Å². The molecule has 1 atom stereocenters. The summed E-state index contributed by atoms with van der Waals surface area (Å²) < 4.78 is 13.7. The maximum Gasteiger partial charge on any atom is 0.131 e. The molecule has 0 saturated carbocycles. The van der Waals surface area contributed by atoms with Crippen LogP contribution in [0.5, 0.6) is 0 Å². The second-order valence-electron chi connectivity index (χ2n) is 5.00. The Morgan fingerprint density at radius 3 is 2.47 bits per heavy atom. The molecule has 0 aliphatic carbocycles. The molecule has 0 bridgehead atoms. The molecule has 102 valence electrons. The third-order valence-corrected chi connectivity index (χ3v) is 4.01. The van der Waals surface area contributed by atoms with Crippen LogP contribution in [0.25, 0.3) is 10.8 Å². The molecule has 19 heavy (non-hydrogen) atoms. The van der Waals surface area contributed by atoms with Crippen molar-refractivity contribution in [3.63, 3.8) is 0 Å². The van der Waals surface area contributed by atoms with Gasteiger partial charge in [0.05, 0.1) is 5.38 Å². The van der Waals surface area contributed by atoms with Crippen LogP contribution in [0.1, 0.15) is 50.0 Å². The van der Waals surface area contributed by atoms with Crippen molar-refractivity contribution in [2.24, 2.45) is 0 Å². The average Bonchev–Trinajstić information content (AvgIpc) is 2.44. The van der Waals surface area contributed by atoms with Crippen LogP contribution >= 0.6 is 11.6 Å². The standard InChI is InChI=1S/C17H20ClF/c1-2-3-4-5-10-16(18)14-11-12-17(19)15-9-7-6-8-13(14)15/h6-9,11-12,16H,2-5,10H2,1H3. The molecular weight excluding hydrogens is 259 g/mol. The van der Waals surface area contributed by atoms with Crippen LogP contribution in [0, 0.1) is 5.82 Å². The van der Waals surface area contributed by atoms with E-state index in [9.17, 15) is 4.39 Å². The monoisotopic (exact) mass is 278 g/mol. The molecule has 0 N–H and O–H groups in total. The van der Waals surface area contributed by atoms with Gasteiger partial charge in [-0.2, -0.15) is 0 Å². The summed E-state index contributed by atoms with van der Waals surface area (Å²) >= 11 is 6.49. The highest BCUT2D eigenvalue weighted by Gasteiger charge is 2.12. The summed E-state index contributed by atoms with van der Waals surface area (Å²) in [6, 6.07) is 10.9. The van der Waals surface area contributed by atoms with Crippen molar-refractivity contribution in [2.75, 3.05) is 0 Å². The first-order chi connectivity index (χ1) is 9.24. The van der Waals surface area contributed by atoms with E-state index < -0.39 is 0 Å². The number of halogens is 2. The molecule has 0 heterocycles. The smallest absolute Gasteiger partial charge is 0.131 e. The Morgan fingerprint density at radius 2 is 1.74 bits per heavy atom. The van der Waals surface area contributed by atoms with Crippen molar-refractivity contribution in [2.45, 2.75) is 44.4 Å². The van der Waals surface area contributed by atoms with E-state index in [1.165, 1.54) is 25.3 Å². The van der Waals surface area contributed by atoms with Crippen molar-refractivity contribution >= 4 is 22.4 Å². The number of benzene rings is 2. The van der Waals surface area contributed by atoms with Gasteiger partial charge in [-0.1, -0.05) is 62.9 Å². The molecule has 0 aliphatic heterocycles. The summed E-state index contributed by atoms with van der Waals surface area (Å²) in [7, 11) is 0. The fraction of sp³-hybridized carbons (Fsp3) is 0.412. The fourth-order valence-corrected chi connectivity index (χ4v) is 2.81. The maximum atomic E-state index is 13.7. The van der Waals surface area contributed by atoms with Gasteiger partial charge in [-0.05, 0) is 23.4 Å². The highest BCUT2D eigenvalue weighted by atomic mass is 35.5. The van der Waals surface area contributed by atoms with Gasteiger partial charge < -0.3 is 0 Å². The molecule has 0 aliphatic rings. The Hall–Kier alpha value is -1.08. The van der Waals surface area contributed by atoms with E-state index in [0.717, 1.165) is 23.8 Å². The number of hydrogen-bond acceptors (Lipinski definition) is 0. The number of alkyl halides is 1. The normalized spacial score (nSPS) is 12.8. The summed E-state index contributed by atoms with van der Waals surface area (Å²) in [6.45, 7) is 2.20. The second-order valence-corrected chi connectivity index (χ2v) is 5.53. The molecule has 2 aromatic carbocycles. The molecule has 1 unspecified atom stereocenters. The van der Waals surface area contributed by atoms with E-state index in [2.05, 4.69) is 6.92 Å². The number of rotatable bonds is 6. The molecule has 0 fully saturated rings. The lowest BCUT2D eigenvalue weighted by Gasteiger charge is -2.13. The minimum atomic E-state index is -0.172. The highest BCUT2D eigenvalue weighted by Crippen LogP contribution is 2.33. The van der Waals surface area contributed by atoms with Gasteiger partial charge in [0.2, 0.25) is 0 Å². The minimum absolute atomic E-state index is 0.0256. The topological polar surface area (TPSA) is 0 Å². The van der Waals surface area contributed by atoms with Crippen molar-refractivity contribution < 1.29 is 4.39 Å². The molecule has 0 radical (unpaired) electrons.